The summed E-state index contributed by atoms with van der Waals surface area (Å²) in [7, 11) is 0. The summed E-state index contributed by atoms with van der Waals surface area (Å²) in [5, 5.41) is 14.3. The summed E-state index contributed by atoms with van der Waals surface area (Å²) >= 11 is 0. The third-order valence-electron chi connectivity index (χ3n) is 5.66. The first kappa shape index (κ1) is 22.9. The fourth-order valence-electron chi connectivity index (χ4n) is 3.78. The van der Waals surface area contributed by atoms with Crippen LogP contribution in [0.3, 0.4) is 0 Å². The molecule has 6 nitrogen and oxygen atoms in total. The Bertz CT molecular complexity index is 1350. The SMILES string of the molecule is Cc1ccc(Cc2c(C)nc(/C=C/c3ccc([N+](=O)[O-])cc3)nc2Nc2ccccc2)c(C)c1. The van der Waals surface area contributed by atoms with Gasteiger partial charge in [0.05, 0.1) is 4.92 Å². The summed E-state index contributed by atoms with van der Waals surface area (Å²) in [5.74, 6) is 1.33. The first-order valence-corrected chi connectivity index (χ1v) is 11.1. The van der Waals surface area contributed by atoms with Gasteiger partial charge >= 0.3 is 0 Å². The molecule has 3 aromatic carbocycles. The van der Waals surface area contributed by atoms with Crippen LogP contribution in [-0.4, -0.2) is 14.9 Å². The molecule has 0 amide bonds. The Hall–Kier alpha value is -4.32. The van der Waals surface area contributed by atoms with Crippen LogP contribution in [0.4, 0.5) is 17.2 Å². The van der Waals surface area contributed by atoms with Crippen molar-refractivity contribution in [1.29, 1.82) is 0 Å². The number of nitro benzene ring substituents is 1. The van der Waals surface area contributed by atoms with Crippen LogP contribution in [0.15, 0.2) is 72.8 Å². The van der Waals surface area contributed by atoms with Crippen molar-refractivity contribution < 1.29 is 4.92 Å². The van der Waals surface area contributed by atoms with E-state index in [-0.39, 0.29) is 5.69 Å². The Labute approximate surface area is 199 Å². The van der Waals surface area contributed by atoms with Crippen LogP contribution >= 0.6 is 0 Å². The van der Waals surface area contributed by atoms with Crippen molar-refractivity contribution >= 4 is 29.3 Å². The highest BCUT2D eigenvalue weighted by Crippen LogP contribution is 2.26. The van der Waals surface area contributed by atoms with E-state index in [4.69, 9.17) is 9.97 Å². The molecule has 4 rings (SSSR count). The van der Waals surface area contributed by atoms with Crippen LogP contribution < -0.4 is 5.32 Å². The minimum absolute atomic E-state index is 0.0642. The molecule has 0 aliphatic carbocycles. The highest BCUT2D eigenvalue weighted by atomic mass is 16.6. The molecule has 0 fully saturated rings. The zero-order valence-corrected chi connectivity index (χ0v) is 19.4. The molecule has 0 unspecified atom stereocenters. The highest BCUT2D eigenvalue weighted by molar-refractivity contribution is 5.69. The van der Waals surface area contributed by atoms with Gasteiger partial charge in [-0.05, 0) is 67.8 Å². The minimum Gasteiger partial charge on any atom is -0.340 e. The van der Waals surface area contributed by atoms with Crippen LogP contribution in [-0.2, 0) is 6.42 Å². The molecule has 0 aliphatic rings. The fourth-order valence-corrected chi connectivity index (χ4v) is 3.78. The van der Waals surface area contributed by atoms with Crippen molar-refractivity contribution in [2.75, 3.05) is 5.32 Å². The molecule has 1 aromatic heterocycles. The van der Waals surface area contributed by atoms with E-state index in [2.05, 4.69) is 37.4 Å². The van der Waals surface area contributed by atoms with Crippen LogP contribution in [0.25, 0.3) is 12.2 Å². The number of benzene rings is 3. The smallest absolute Gasteiger partial charge is 0.269 e. The third-order valence-corrected chi connectivity index (χ3v) is 5.66. The Morgan fingerprint density at radius 3 is 2.32 bits per heavy atom. The lowest BCUT2D eigenvalue weighted by molar-refractivity contribution is -0.384. The molecule has 6 heteroatoms. The molecule has 4 aromatic rings. The quantitative estimate of drug-likeness (QED) is 0.247. The highest BCUT2D eigenvalue weighted by Gasteiger charge is 2.13. The number of aromatic nitrogens is 2. The van der Waals surface area contributed by atoms with Gasteiger partial charge in [0.25, 0.3) is 5.69 Å². The number of non-ortho nitro benzene ring substituents is 1. The second kappa shape index (κ2) is 10.1. The van der Waals surface area contributed by atoms with Crippen molar-refractivity contribution in [2.45, 2.75) is 27.2 Å². The molecule has 0 saturated heterocycles. The van der Waals surface area contributed by atoms with Gasteiger partial charge in [0.2, 0.25) is 0 Å². The molecular formula is C28H26N4O2. The lowest BCUT2D eigenvalue weighted by Crippen LogP contribution is -2.07. The lowest BCUT2D eigenvalue weighted by atomic mass is 9.98. The van der Waals surface area contributed by atoms with Crippen LogP contribution in [0.1, 0.15) is 39.3 Å². The van der Waals surface area contributed by atoms with E-state index in [9.17, 15) is 10.1 Å². The molecule has 0 spiro atoms. The zero-order chi connectivity index (χ0) is 24.1. The van der Waals surface area contributed by atoms with Gasteiger partial charge < -0.3 is 5.32 Å². The maximum atomic E-state index is 10.9. The van der Waals surface area contributed by atoms with Crippen molar-refractivity contribution in [3.8, 4) is 0 Å². The van der Waals surface area contributed by atoms with Crippen LogP contribution in [0, 0.1) is 30.9 Å². The maximum Gasteiger partial charge on any atom is 0.269 e. The number of rotatable bonds is 7. The molecule has 0 bridgehead atoms. The van der Waals surface area contributed by atoms with Crippen molar-refractivity contribution in [3.63, 3.8) is 0 Å². The van der Waals surface area contributed by atoms with Crippen LogP contribution in [0.5, 0.6) is 0 Å². The Morgan fingerprint density at radius 2 is 1.65 bits per heavy atom. The van der Waals surface area contributed by atoms with Crippen molar-refractivity contribution in [2.24, 2.45) is 0 Å². The fraction of sp³-hybridized carbons (Fsp3) is 0.143. The van der Waals surface area contributed by atoms with Gasteiger partial charge in [-0.2, -0.15) is 0 Å². The maximum absolute atomic E-state index is 10.9. The lowest BCUT2D eigenvalue weighted by Gasteiger charge is -2.16. The number of para-hydroxylation sites is 1. The summed E-state index contributed by atoms with van der Waals surface area (Å²) in [6.07, 6.45) is 4.40. The van der Waals surface area contributed by atoms with Crippen molar-refractivity contribution in [3.05, 3.63) is 122 Å². The predicted octanol–water partition coefficient (Wildman–Crippen LogP) is 6.81. The summed E-state index contributed by atoms with van der Waals surface area (Å²) in [5.41, 5.74) is 7.52. The van der Waals surface area contributed by atoms with Gasteiger partial charge in [0, 0.05) is 35.5 Å². The van der Waals surface area contributed by atoms with Gasteiger partial charge in [-0.3, -0.25) is 10.1 Å². The van der Waals surface area contributed by atoms with Gasteiger partial charge in [-0.1, -0.05) is 48.0 Å². The Morgan fingerprint density at radius 1 is 0.912 bits per heavy atom. The average Bonchev–Trinajstić information content (AvgIpc) is 2.82. The number of nitrogens with one attached hydrogen (secondary N) is 1. The van der Waals surface area contributed by atoms with Gasteiger partial charge in [-0.25, -0.2) is 9.97 Å². The molecule has 0 saturated carbocycles. The molecule has 34 heavy (non-hydrogen) atoms. The topological polar surface area (TPSA) is 81.0 Å². The van der Waals surface area contributed by atoms with Gasteiger partial charge in [0.1, 0.15) is 5.82 Å². The molecule has 1 heterocycles. The van der Waals surface area contributed by atoms with Crippen LogP contribution in [0.2, 0.25) is 0 Å². The normalized spacial score (nSPS) is 11.0. The van der Waals surface area contributed by atoms with Gasteiger partial charge in [-0.15, -0.1) is 0 Å². The largest absolute Gasteiger partial charge is 0.340 e. The zero-order valence-electron chi connectivity index (χ0n) is 19.4. The molecule has 0 aliphatic heterocycles. The predicted molar refractivity (Wildman–Crippen MR) is 137 cm³/mol. The second-order valence-electron chi connectivity index (χ2n) is 8.27. The molecular weight excluding hydrogens is 424 g/mol. The summed E-state index contributed by atoms with van der Waals surface area (Å²) in [6, 6.07) is 22.8. The van der Waals surface area contributed by atoms with E-state index in [1.165, 1.54) is 28.8 Å². The monoisotopic (exact) mass is 450 g/mol. The summed E-state index contributed by atoms with van der Waals surface area (Å²) in [6.45, 7) is 6.23. The summed E-state index contributed by atoms with van der Waals surface area (Å²) < 4.78 is 0. The molecule has 0 atom stereocenters. The third kappa shape index (κ3) is 5.53. The Balaban J connectivity index is 1.69. The van der Waals surface area contributed by atoms with E-state index in [1.54, 1.807) is 12.1 Å². The van der Waals surface area contributed by atoms with E-state index >= 15 is 0 Å². The molecule has 0 radical (unpaired) electrons. The molecule has 170 valence electrons. The first-order valence-electron chi connectivity index (χ1n) is 11.1. The van der Waals surface area contributed by atoms with E-state index in [0.29, 0.717) is 5.82 Å². The average molecular weight is 451 g/mol. The number of aryl methyl sites for hydroxylation is 3. The number of nitrogens with zero attached hydrogens (tertiary/aromatic N) is 3. The number of hydrogen-bond donors (Lipinski definition) is 1. The Kier molecular flexibility index (Phi) is 6.78. The molecule has 1 N–H and O–H groups in total. The number of nitro groups is 1. The van der Waals surface area contributed by atoms with E-state index in [0.717, 1.165) is 34.7 Å². The first-order chi connectivity index (χ1) is 16.4. The minimum atomic E-state index is -0.407. The van der Waals surface area contributed by atoms with Gasteiger partial charge in [0.15, 0.2) is 5.82 Å². The summed E-state index contributed by atoms with van der Waals surface area (Å²) in [4.78, 5) is 20.0. The second-order valence-corrected chi connectivity index (χ2v) is 8.27. The standard InChI is InChI=1S/C28H26N4O2/c1-19-9-13-23(20(2)17-19)18-26-21(3)29-27(31-28(26)30-24-7-5-4-6-8-24)16-12-22-10-14-25(15-11-22)32(33)34/h4-17H,18H2,1-3H3,(H,29,30,31)/b16-12+. The van der Waals surface area contributed by atoms with E-state index in [1.807, 2.05) is 49.4 Å². The van der Waals surface area contributed by atoms with Crippen molar-refractivity contribution in [1.82, 2.24) is 9.97 Å². The van der Waals surface area contributed by atoms with E-state index < -0.39 is 4.92 Å². The number of hydrogen-bond acceptors (Lipinski definition) is 5. The number of anilines is 2.